The van der Waals surface area contributed by atoms with E-state index in [-0.39, 0.29) is 6.61 Å². The van der Waals surface area contributed by atoms with Gasteiger partial charge in [-0.05, 0) is 36.4 Å². The topological polar surface area (TPSA) is 42.4 Å². The van der Waals surface area contributed by atoms with Gasteiger partial charge in [0.25, 0.3) is 0 Å². The normalized spacial score (nSPS) is 10.6. The zero-order chi connectivity index (χ0) is 14.4. The summed E-state index contributed by atoms with van der Waals surface area (Å²) >= 11 is 1.64. The number of hydrogen-bond donors (Lipinski definition) is 1. The van der Waals surface area contributed by atoms with Gasteiger partial charge >= 0.3 is 0 Å². The Labute approximate surface area is 124 Å². The Bertz CT molecular complexity index is 572. The second-order valence-electron chi connectivity index (χ2n) is 4.47. The van der Waals surface area contributed by atoms with Gasteiger partial charge in [0.15, 0.2) is 0 Å². The Morgan fingerprint density at radius 1 is 1.25 bits per heavy atom. The Morgan fingerprint density at radius 3 is 2.75 bits per heavy atom. The highest BCUT2D eigenvalue weighted by Gasteiger charge is 2.07. The zero-order valence-electron chi connectivity index (χ0n) is 11.8. The lowest BCUT2D eigenvalue weighted by molar-refractivity contribution is 0.280. The monoisotopic (exact) mass is 289 g/mol. The number of aromatic nitrogens is 1. The average Bonchev–Trinajstić information content (AvgIpc) is 2.48. The maximum absolute atomic E-state index is 9.33. The molecule has 0 radical (unpaired) electrons. The molecule has 1 N–H and O–H groups in total. The number of ether oxygens (including phenoxy) is 1. The molecule has 1 heterocycles. The summed E-state index contributed by atoms with van der Waals surface area (Å²) in [4.78, 5) is 5.57. The van der Waals surface area contributed by atoms with Crippen molar-refractivity contribution >= 4 is 11.8 Å². The third-order valence-electron chi connectivity index (χ3n) is 2.89. The van der Waals surface area contributed by atoms with Crippen LogP contribution in [-0.2, 0) is 13.0 Å². The first kappa shape index (κ1) is 14.9. The summed E-state index contributed by atoms with van der Waals surface area (Å²) in [6.07, 6.45) is 3.92. The molecule has 20 heavy (non-hydrogen) atoms. The summed E-state index contributed by atoms with van der Waals surface area (Å²) in [5, 5.41) is 9.33. The quantitative estimate of drug-likeness (QED) is 0.815. The van der Waals surface area contributed by atoms with Crippen molar-refractivity contribution in [3.8, 4) is 11.6 Å². The van der Waals surface area contributed by atoms with E-state index in [4.69, 9.17) is 4.74 Å². The zero-order valence-corrected chi connectivity index (χ0v) is 12.6. The number of nitrogens with zero attached hydrogens (tertiary/aromatic N) is 1. The van der Waals surface area contributed by atoms with Crippen LogP contribution in [0.15, 0.2) is 41.3 Å². The van der Waals surface area contributed by atoms with Crippen LogP contribution < -0.4 is 4.74 Å². The molecule has 4 heteroatoms. The molecule has 106 valence electrons. The molecule has 0 atom stereocenters. The highest BCUT2D eigenvalue weighted by Crippen LogP contribution is 2.31. The minimum absolute atomic E-state index is 0.000229. The summed E-state index contributed by atoms with van der Waals surface area (Å²) < 4.78 is 5.89. The maximum atomic E-state index is 9.33. The summed E-state index contributed by atoms with van der Waals surface area (Å²) in [7, 11) is 0. The van der Waals surface area contributed by atoms with Crippen LogP contribution in [0, 0.1) is 0 Å². The highest BCUT2D eigenvalue weighted by atomic mass is 32.2. The lowest BCUT2D eigenvalue weighted by Crippen LogP contribution is -1.97. The van der Waals surface area contributed by atoms with Crippen LogP contribution in [0.2, 0.25) is 0 Å². The van der Waals surface area contributed by atoms with Crippen LogP contribution in [0.5, 0.6) is 11.6 Å². The van der Waals surface area contributed by atoms with Gasteiger partial charge in [-0.25, -0.2) is 4.98 Å². The molecule has 0 aliphatic carbocycles. The van der Waals surface area contributed by atoms with E-state index in [0.717, 1.165) is 34.7 Å². The van der Waals surface area contributed by atoms with Gasteiger partial charge in [-0.1, -0.05) is 25.5 Å². The Hall–Kier alpha value is -1.52. The van der Waals surface area contributed by atoms with Gasteiger partial charge in [0.05, 0.1) is 6.61 Å². The van der Waals surface area contributed by atoms with E-state index in [0.29, 0.717) is 5.88 Å². The smallest absolute Gasteiger partial charge is 0.219 e. The molecule has 1 aromatic carbocycles. The SMILES string of the molecule is CCCc1cc(CO)cc(Oc2ccccc2SC)n1. The fourth-order valence-corrected chi connectivity index (χ4v) is 2.49. The molecule has 0 spiro atoms. The molecule has 0 bridgehead atoms. The van der Waals surface area contributed by atoms with Crippen molar-refractivity contribution in [1.82, 2.24) is 4.98 Å². The minimum Gasteiger partial charge on any atom is -0.438 e. The number of thioether (sulfide) groups is 1. The van der Waals surface area contributed by atoms with Crippen LogP contribution in [0.25, 0.3) is 0 Å². The van der Waals surface area contributed by atoms with Gasteiger partial charge in [-0.15, -0.1) is 11.8 Å². The molecule has 2 rings (SSSR count). The van der Waals surface area contributed by atoms with Crippen LogP contribution >= 0.6 is 11.8 Å². The molecule has 1 aromatic heterocycles. The Kier molecular flexibility index (Phi) is 5.44. The number of aryl methyl sites for hydroxylation is 1. The molecule has 0 amide bonds. The number of hydrogen-bond acceptors (Lipinski definition) is 4. The molecule has 0 aliphatic rings. The largest absolute Gasteiger partial charge is 0.438 e. The molecule has 0 saturated heterocycles. The van der Waals surface area contributed by atoms with E-state index in [1.807, 2.05) is 36.6 Å². The number of para-hydroxylation sites is 1. The van der Waals surface area contributed by atoms with Crippen molar-refractivity contribution < 1.29 is 9.84 Å². The van der Waals surface area contributed by atoms with E-state index in [9.17, 15) is 5.11 Å². The summed E-state index contributed by atoms with van der Waals surface area (Å²) in [5.74, 6) is 1.34. The number of benzene rings is 1. The minimum atomic E-state index is -0.000229. The number of aliphatic hydroxyl groups excluding tert-OH is 1. The van der Waals surface area contributed by atoms with Gasteiger partial charge < -0.3 is 9.84 Å². The van der Waals surface area contributed by atoms with Crippen LogP contribution in [0.3, 0.4) is 0 Å². The van der Waals surface area contributed by atoms with E-state index in [1.54, 1.807) is 17.8 Å². The summed E-state index contributed by atoms with van der Waals surface area (Å²) in [6.45, 7) is 2.11. The van der Waals surface area contributed by atoms with Crippen LogP contribution in [-0.4, -0.2) is 16.3 Å². The molecular weight excluding hydrogens is 270 g/mol. The molecule has 2 aromatic rings. The second kappa shape index (κ2) is 7.31. The molecule has 0 aliphatic heterocycles. The predicted molar refractivity (Wildman–Crippen MR) is 82.5 cm³/mol. The van der Waals surface area contributed by atoms with Crippen LogP contribution in [0.4, 0.5) is 0 Å². The molecule has 0 saturated carbocycles. The predicted octanol–water partition coefficient (Wildman–Crippen LogP) is 4.04. The van der Waals surface area contributed by atoms with Gasteiger partial charge in [-0.3, -0.25) is 0 Å². The molecule has 0 unspecified atom stereocenters. The first-order chi connectivity index (χ1) is 9.76. The van der Waals surface area contributed by atoms with Crippen molar-refractivity contribution in [1.29, 1.82) is 0 Å². The third-order valence-corrected chi connectivity index (χ3v) is 3.66. The number of rotatable bonds is 6. The van der Waals surface area contributed by atoms with E-state index < -0.39 is 0 Å². The van der Waals surface area contributed by atoms with Gasteiger partial charge in [-0.2, -0.15) is 0 Å². The number of aliphatic hydroxyl groups is 1. The highest BCUT2D eigenvalue weighted by molar-refractivity contribution is 7.98. The summed E-state index contributed by atoms with van der Waals surface area (Å²) in [6, 6.07) is 11.6. The lowest BCUT2D eigenvalue weighted by Gasteiger charge is -2.11. The average molecular weight is 289 g/mol. The third kappa shape index (κ3) is 3.74. The maximum Gasteiger partial charge on any atom is 0.219 e. The van der Waals surface area contributed by atoms with E-state index in [2.05, 4.69) is 11.9 Å². The standard InChI is InChI=1S/C16H19NO2S/c1-3-6-13-9-12(11-18)10-16(17-13)19-14-7-4-5-8-15(14)20-2/h4-5,7-10,18H,3,6,11H2,1-2H3. The fourth-order valence-electron chi connectivity index (χ4n) is 1.96. The van der Waals surface area contributed by atoms with E-state index >= 15 is 0 Å². The van der Waals surface area contributed by atoms with Gasteiger partial charge in [0, 0.05) is 16.7 Å². The fraction of sp³-hybridized carbons (Fsp3) is 0.312. The Morgan fingerprint density at radius 2 is 2.05 bits per heavy atom. The van der Waals surface area contributed by atoms with Crippen LogP contribution in [0.1, 0.15) is 24.6 Å². The first-order valence-corrected chi connectivity index (χ1v) is 7.91. The Balaban J connectivity index is 2.30. The first-order valence-electron chi connectivity index (χ1n) is 6.68. The van der Waals surface area contributed by atoms with Crippen molar-refractivity contribution in [3.05, 3.63) is 47.7 Å². The van der Waals surface area contributed by atoms with Crippen molar-refractivity contribution in [2.24, 2.45) is 0 Å². The lowest BCUT2D eigenvalue weighted by atomic mass is 10.2. The van der Waals surface area contributed by atoms with Gasteiger partial charge in [0.2, 0.25) is 5.88 Å². The molecular formula is C16H19NO2S. The van der Waals surface area contributed by atoms with Gasteiger partial charge in [0.1, 0.15) is 5.75 Å². The van der Waals surface area contributed by atoms with E-state index in [1.165, 1.54) is 0 Å². The molecule has 3 nitrogen and oxygen atoms in total. The van der Waals surface area contributed by atoms with Crippen molar-refractivity contribution in [2.75, 3.05) is 6.26 Å². The second-order valence-corrected chi connectivity index (χ2v) is 5.31. The molecule has 0 fully saturated rings. The van der Waals surface area contributed by atoms with Crippen molar-refractivity contribution in [3.63, 3.8) is 0 Å². The van der Waals surface area contributed by atoms with Crippen molar-refractivity contribution in [2.45, 2.75) is 31.3 Å². The number of pyridine rings is 1. The summed E-state index contributed by atoms with van der Waals surface area (Å²) in [5.41, 5.74) is 1.79.